The molecule has 1 saturated carbocycles. The second-order valence-electron chi connectivity index (χ2n) is 9.93. The fourth-order valence-electron chi connectivity index (χ4n) is 5.81. The molecule has 1 aliphatic carbocycles. The minimum Gasteiger partial charge on any atom is -0.493 e. The minimum atomic E-state index is 0.165. The third-order valence-electron chi connectivity index (χ3n) is 7.67. The number of methoxy groups -OCH3 is 1. The van der Waals surface area contributed by atoms with E-state index >= 15 is 0 Å². The Hall–Kier alpha value is -2.73. The predicted octanol–water partition coefficient (Wildman–Crippen LogP) is 4.11. The summed E-state index contributed by atoms with van der Waals surface area (Å²) in [5.74, 6) is 1.80. The first kappa shape index (κ1) is 23.0. The number of nitrogens with zero attached hydrogens (tertiary/aromatic N) is 3. The number of hydrogen-bond donors (Lipinski definition) is 0. The van der Waals surface area contributed by atoms with E-state index in [9.17, 15) is 4.79 Å². The van der Waals surface area contributed by atoms with Crippen LogP contribution in [0.3, 0.4) is 0 Å². The van der Waals surface area contributed by atoms with Crippen LogP contribution in [0.1, 0.15) is 43.7 Å². The van der Waals surface area contributed by atoms with Gasteiger partial charge in [-0.2, -0.15) is 0 Å². The number of rotatable bonds is 6. The number of ether oxygens (including phenoxy) is 2. The van der Waals surface area contributed by atoms with Gasteiger partial charge in [0.05, 0.1) is 19.3 Å². The molecule has 2 aromatic carbocycles. The first-order valence-electron chi connectivity index (χ1n) is 12.8. The lowest BCUT2D eigenvalue weighted by molar-refractivity contribution is -0.132. The van der Waals surface area contributed by atoms with Crippen molar-refractivity contribution in [1.29, 1.82) is 0 Å². The first-order valence-corrected chi connectivity index (χ1v) is 12.8. The lowest BCUT2D eigenvalue weighted by Gasteiger charge is -2.44. The normalized spacial score (nSPS) is 21.4. The molecule has 1 amide bonds. The van der Waals surface area contributed by atoms with Gasteiger partial charge in [0.15, 0.2) is 11.5 Å². The van der Waals surface area contributed by atoms with Gasteiger partial charge in [-0.15, -0.1) is 0 Å². The summed E-state index contributed by atoms with van der Waals surface area (Å²) in [6.07, 6.45) is 6.07. The molecule has 1 atom stereocenters. The smallest absolute Gasteiger partial charge is 0.219 e. The highest BCUT2D eigenvalue weighted by Crippen LogP contribution is 2.35. The molecule has 2 aromatic rings. The molecular formula is C28H37N3O3. The number of carbonyl (C=O) groups excluding carboxylic acids is 1. The van der Waals surface area contributed by atoms with Gasteiger partial charge in [0.25, 0.3) is 0 Å². The summed E-state index contributed by atoms with van der Waals surface area (Å²) in [6, 6.07) is 15.2. The Labute approximate surface area is 203 Å². The summed E-state index contributed by atoms with van der Waals surface area (Å²) in [4.78, 5) is 19.5. The molecule has 0 spiro atoms. The Bertz CT molecular complexity index is 1000. The second-order valence-corrected chi connectivity index (χ2v) is 9.93. The SMILES string of the molecule is COc1ccc(N2CCN(C(C)=O)[C@@H](CN3CCc4ccccc4C3)C2)cc1OC1CCCC1. The molecule has 6 heteroatoms. The third-order valence-corrected chi connectivity index (χ3v) is 7.67. The van der Waals surface area contributed by atoms with E-state index < -0.39 is 0 Å². The van der Waals surface area contributed by atoms with Crippen molar-refractivity contribution in [3.63, 3.8) is 0 Å². The van der Waals surface area contributed by atoms with Crippen molar-refractivity contribution in [2.24, 2.45) is 0 Å². The van der Waals surface area contributed by atoms with E-state index in [1.54, 1.807) is 14.0 Å². The highest BCUT2D eigenvalue weighted by atomic mass is 16.5. The Morgan fingerprint density at radius 1 is 1.00 bits per heavy atom. The van der Waals surface area contributed by atoms with Crippen LogP contribution in [0.5, 0.6) is 11.5 Å². The molecular weight excluding hydrogens is 426 g/mol. The maximum atomic E-state index is 12.5. The van der Waals surface area contributed by atoms with E-state index in [1.807, 2.05) is 6.07 Å². The number of amides is 1. The molecule has 2 fully saturated rings. The van der Waals surface area contributed by atoms with Crippen LogP contribution in [-0.2, 0) is 17.8 Å². The van der Waals surface area contributed by atoms with Crippen LogP contribution in [0.25, 0.3) is 0 Å². The fourth-order valence-corrected chi connectivity index (χ4v) is 5.81. The van der Waals surface area contributed by atoms with Gasteiger partial charge in [-0.1, -0.05) is 24.3 Å². The lowest BCUT2D eigenvalue weighted by Crippen LogP contribution is -2.58. The maximum Gasteiger partial charge on any atom is 0.219 e. The Morgan fingerprint density at radius 2 is 1.79 bits per heavy atom. The number of fused-ring (bicyclic) bond motifs is 1. The van der Waals surface area contributed by atoms with Crippen LogP contribution >= 0.6 is 0 Å². The highest BCUT2D eigenvalue weighted by molar-refractivity contribution is 5.74. The van der Waals surface area contributed by atoms with Gasteiger partial charge >= 0.3 is 0 Å². The van der Waals surface area contributed by atoms with Crippen LogP contribution < -0.4 is 14.4 Å². The van der Waals surface area contributed by atoms with Crippen molar-refractivity contribution in [3.05, 3.63) is 53.6 Å². The summed E-state index contributed by atoms with van der Waals surface area (Å²) in [6.45, 7) is 7.00. The highest BCUT2D eigenvalue weighted by Gasteiger charge is 2.31. The van der Waals surface area contributed by atoms with E-state index in [2.05, 4.69) is 51.1 Å². The monoisotopic (exact) mass is 463 g/mol. The number of carbonyl (C=O) groups is 1. The molecule has 34 heavy (non-hydrogen) atoms. The molecule has 0 unspecified atom stereocenters. The van der Waals surface area contributed by atoms with Crippen LogP contribution in [0.2, 0.25) is 0 Å². The summed E-state index contributed by atoms with van der Waals surface area (Å²) in [5.41, 5.74) is 4.02. The average molecular weight is 464 g/mol. The van der Waals surface area contributed by atoms with E-state index in [4.69, 9.17) is 9.47 Å². The van der Waals surface area contributed by atoms with Crippen molar-refractivity contribution in [2.75, 3.05) is 44.7 Å². The number of anilines is 1. The van der Waals surface area contributed by atoms with Crippen LogP contribution in [0.15, 0.2) is 42.5 Å². The van der Waals surface area contributed by atoms with Gasteiger partial charge in [0, 0.05) is 57.9 Å². The van der Waals surface area contributed by atoms with E-state index in [0.29, 0.717) is 0 Å². The van der Waals surface area contributed by atoms with Crippen molar-refractivity contribution in [3.8, 4) is 11.5 Å². The van der Waals surface area contributed by atoms with Gasteiger partial charge in [-0.05, 0) is 55.4 Å². The van der Waals surface area contributed by atoms with E-state index in [1.165, 1.54) is 24.0 Å². The van der Waals surface area contributed by atoms with Gasteiger partial charge < -0.3 is 19.3 Å². The second kappa shape index (κ2) is 10.3. The molecule has 0 N–H and O–H groups in total. The van der Waals surface area contributed by atoms with Crippen molar-refractivity contribution in [2.45, 2.75) is 57.7 Å². The molecule has 5 rings (SSSR count). The number of benzene rings is 2. The molecule has 182 valence electrons. The Kier molecular flexibility index (Phi) is 6.95. The van der Waals surface area contributed by atoms with Gasteiger partial charge in [-0.3, -0.25) is 9.69 Å². The Morgan fingerprint density at radius 3 is 2.56 bits per heavy atom. The van der Waals surface area contributed by atoms with Crippen molar-refractivity contribution < 1.29 is 14.3 Å². The van der Waals surface area contributed by atoms with Gasteiger partial charge in [0.1, 0.15) is 0 Å². The summed E-state index contributed by atoms with van der Waals surface area (Å²) < 4.78 is 11.9. The molecule has 2 aliphatic heterocycles. The quantitative estimate of drug-likeness (QED) is 0.645. The molecule has 2 heterocycles. The molecule has 3 aliphatic rings. The lowest BCUT2D eigenvalue weighted by atomic mass is 9.99. The third kappa shape index (κ3) is 5.02. The van der Waals surface area contributed by atoms with Crippen LogP contribution in [0.4, 0.5) is 5.69 Å². The Balaban J connectivity index is 1.31. The first-order chi connectivity index (χ1) is 16.6. The largest absolute Gasteiger partial charge is 0.493 e. The zero-order valence-electron chi connectivity index (χ0n) is 20.5. The van der Waals surface area contributed by atoms with Gasteiger partial charge in [0.2, 0.25) is 5.91 Å². The molecule has 0 bridgehead atoms. The molecule has 0 radical (unpaired) electrons. The summed E-state index contributed by atoms with van der Waals surface area (Å²) in [5, 5.41) is 0. The topological polar surface area (TPSA) is 45.2 Å². The van der Waals surface area contributed by atoms with Crippen molar-refractivity contribution in [1.82, 2.24) is 9.80 Å². The minimum absolute atomic E-state index is 0.165. The molecule has 1 saturated heterocycles. The average Bonchev–Trinajstić information content (AvgIpc) is 3.37. The number of piperazine rings is 1. The van der Waals surface area contributed by atoms with Crippen LogP contribution in [-0.4, -0.2) is 67.7 Å². The summed E-state index contributed by atoms with van der Waals surface area (Å²) in [7, 11) is 1.70. The molecule has 6 nitrogen and oxygen atoms in total. The zero-order chi connectivity index (χ0) is 23.5. The zero-order valence-corrected chi connectivity index (χ0v) is 20.5. The number of hydrogen-bond acceptors (Lipinski definition) is 5. The summed E-state index contributed by atoms with van der Waals surface area (Å²) >= 11 is 0. The van der Waals surface area contributed by atoms with Crippen molar-refractivity contribution >= 4 is 11.6 Å². The maximum absolute atomic E-state index is 12.5. The van der Waals surface area contributed by atoms with E-state index in [-0.39, 0.29) is 18.1 Å². The van der Waals surface area contributed by atoms with Crippen LogP contribution in [0, 0.1) is 0 Å². The molecule has 0 aromatic heterocycles. The predicted molar refractivity (Wildman–Crippen MR) is 135 cm³/mol. The van der Waals surface area contributed by atoms with E-state index in [0.717, 1.165) is 75.7 Å². The van der Waals surface area contributed by atoms with Gasteiger partial charge in [-0.25, -0.2) is 0 Å². The standard InChI is InChI=1S/C28H37N3O3/c1-21(32)31-16-15-30(20-25(31)19-29-14-13-22-7-3-4-8-23(22)18-29)24-11-12-27(33-2)28(17-24)34-26-9-5-6-10-26/h3-4,7-8,11-12,17,25-26H,5-6,9-10,13-16,18-20H2,1-2H3/t25-/m0/s1. The fraction of sp³-hybridized carbons (Fsp3) is 0.536.